The molecule has 7 nitrogen and oxygen atoms in total. The molecule has 0 aliphatic heterocycles. The maximum atomic E-state index is 12.5. The second-order valence-corrected chi connectivity index (χ2v) is 8.61. The van der Waals surface area contributed by atoms with Crippen LogP contribution in [0.3, 0.4) is 0 Å². The van der Waals surface area contributed by atoms with Gasteiger partial charge in [0, 0.05) is 16.5 Å². The van der Waals surface area contributed by atoms with E-state index in [9.17, 15) is 4.79 Å². The Hall–Kier alpha value is -4.52. The summed E-state index contributed by atoms with van der Waals surface area (Å²) in [7, 11) is 0. The van der Waals surface area contributed by atoms with E-state index in [-0.39, 0.29) is 5.91 Å². The van der Waals surface area contributed by atoms with Crippen LogP contribution < -0.4 is 10.2 Å². The van der Waals surface area contributed by atoms with Crippen LogP contribution in [-0.4, -0.2) is 27.5 Å². The molecule has 0 saturated carbocycles. The van der Waals surface area contributed by atoms with Crippen LogP contribution in [0.4, 0.5) is 0 Å². The van der Waals surface area contributed by atoms with Crippen molar-refractivity contribution in [2.24, 2.45) is 5.10 Å². The molecule has 174 valence electrons. The molecule has 1 heterocycles. The van der Waals surface area contributed by atoms with Crippen molar-refractivity contribution in [3.63, 3.8) is 0 Å². The number of rotatable bonds is 7. The molecule has 0 spiro atoms. The van der Waals surface area contributed by atoms with Gasteiger partial charge >= 0.3 is 0 Å². The first kappa shape index (κ1) is 22.3. The summed E-state index contributed by atoms with van der Waals surface area (Å²) in [6, 6.07) is 25.5. The Bertz CT molecular complexity index is 1520. The molecule has 1 aromatic heterocycles. The monoisotopic (exact) mass is 463 g/mol. The first-order chi connectivity index (χ1) is 17.1. The van der Waals surface area contributed by atoms with Crippen molar-refractivity contribution in [1.82, 2.24) is 20.8 Å². The van der Waals surface area contributed by atoms with Crippen molar-refractivity contribution < 1.29 is 9.53 Å². The number of fused-ring (bicyclic) bond motifs is 2. The van der Waals surface area contributed by atoms with Gasteiger partial charge in [0.1, 0.15) is 23.4 Å². The summed E-state index contributed by atoms with van der Waals surface area (Å²) in [5, 5.41) is 16.7. The minimum absolute atomic E-state index is 0.320. The Labute approximate surface area is 202 Å². The summed E-state index contributed by atoms with van der Waals surface area (Å²) in [5.74, 6) is 0.986. The van der Waals surface area contributed by atoms with E-state index in [1.165, 1.54) is 5.56 Å². The predicted molar refractivity (Wildman–Crippen MR) is 138 cm³/mol. The summed E-state index contributed by atoms with van der Waals surface area (Å²) >= 11 is 0. The molecule has 0 fully saturated rings. The number of amides is 1. The molecule has 1 amide bonds. The number of carbonyl (C=O) groups excluding carboxylic acids is 1. The van der Waals surface area contributed by atoms with Gasteiger partial charge in [-0.1, -0.05) is 62.4 Å². The number of hydrogen-bond donors (Lipinski definition) is 2. The molecule has 0 bridgehead atoms. The quantitative estimate of drug-likeness (QED) is 0.244. The SMILES string of the molecule is CC(C)c1ccc(COc2ccc(C=NNC(=O)c3ccc4n[nH]nc4c3)c3ccccc23)cc1. The molecule has 0 aliphatic carbocycles. The Morgan fingerprint density at radius 1 is 0.971 bits per heavy atom. The van der Waals surface area contributed by atoms with Crippen molar-refractivity contribution in [1.29, 1.82) is 0 Å². The number of hydrazone groups is 1. The van der Waals surface area contributed by atoms with Gasteiger partial charge in [-0.3, -0.25) is 4.79 Å². The Morgan fingerprint density at radius 3 is 2.54 bits per heavy atom. The van der Waals surface area contributed by atoms with E-state index < -0.39 is 0 Å². The molecule has 0 aliphatic rings. The highest BCUT2D eigenvalue weighted by atomic mass is 16.5. The van der Waals surface area contributed by atoms with Crippen LogP contribution in [0.2, 0.25) is 0 Å². The topological polar surface area (TPSA) is 92.3 Å². The fraction of sp³-hybridized carbons (Fsp3) is 0.143. The lowest BCUT2D eigenvalue weighted by atomic mass is 10.0. The fourth-order valence-electron chi connectivity index (χ4n) is 3.90. The van der Waals surface area contributed by atoms with Gasteiger partial charge in [-0.15, -0.1) is 0 Å². The third-order valence-corrected chi connectivity index (χ3v) is 5.91. The number of carbonyl (C=O) groups is 1. The summed E-state index contributed by atoms with van der Waals surface area (Å²) in [5.41, 5.74) is 7.68. The number of ether oxygens (including phenoxy) is 1. The van der Waals surface area contributed by atoms with Gasteiger partial charge < -0.3 is 4.74 Å². The van der Waals surface area contributed by atoms with Crippen LogP contribution >= 0.6 is 0 Å². The van der Waals surface area contributed by atoms with Gasteiger partial charge in [0.15, 0.2) is 0 Å². The molecule has 0 unspecified atom stereocenters. The van der Waals surface area contributed by atoms with Gasteiger partial charge in [-0.2, -0.15) is 20.5 Å². The van der Waals surface area contributed by atoms with Crippen molar-refractivity contribution in [2.75, 3.05) is 0 Å². The second-order valence-electron chi connectivity index (χ2n) is 8.61. The van der Waals surface area contributed by atoms with E-state index in [2.05, 4.69) is 64.1 Å². The largest absolute Gasteiger partial charge is 0.488 e. The molecule has 35 heavy (non-hydrogen) atoms. The average molecular weight is 464 g/mol. The molecule has 5 rings (SSSR count). The van der Waals surface area contributed by atoms with E-state index in [1.54, 1.807) is 24.4 Å². The number of H-pyrrole nitrogens is 1. The summed E-state index contributed by atoms with van der Waals surface area (Å²) in [4.78, 5) is 12.5. The van der Waals surface area contributed by atoms with E-state index in [4.69, 9.17) is 4.74 Å². The van der Waals surface area contributed by atoms with Crippen LogP contribution in [-0.2, 0) is 6.61 Å². The van der Waals surface area contributed by atoms with Gasteiger partial charge in [-0.25, -0.2) is 5.43 Å². The highest BCUT2D eigenvalue weighted by molar-refractivity contribution is 6.03. The molecular weight excluding hydrogens is 438 g/mol. The minimum Gasteiger partial charge on any atom is -0.488 e. The van der Waals surface area contributed by atoms with Crippen LogP contribution in [0.1, 0.15) is 46.8 Å². The smallest absolute Gasteiger partial charge is 0.271 e. The summed E-state index contributed by atoms with van der Waals surface area (Å²) in [6.07, 6.45) is 1.64. The molecule has 0 radical (unpaired) electrons. The fourth-order valence-corrected chi connectivity index (χ4v) is 3.90. The maximum Gasteiger partial charge on any atom is 0.271 e. The Morgan fingerprint density at radius 2 is 1.74 bits per heavy atom. The second kappa shape index (κ2) is 9.77. The molecule has 5 aromatic rings. The zero-order valence-corrected chi connectivity index (χ0v) is 19.5. The Balaban J connectivity index is 1.30. The van der Waals surface area contributed by atoms with E-state index in [0.29, 0.717) is 29.1 Å². The number of benzene rings is 4. The highest BCUT2D eigenvalue weighted by Crippen LogP contribution is 2.29. The first-order valence-electron chi connectivity index (χ1n) is 11.5. The zero-order valence-electron chi connectivity index (χ0n) is 19.5. The lowest BCUT2D eigenvalue weighted by molar-refractivity contribution is 0.0955. The van der Waals surface area contributed by atoms with Gasteiger partial charge in [0.25, 0.3) is 5.91 Å². The number of nitrogens with zero attached hydrogens (tertiary/aromatic N) is 3. The first-order valence-corrected chi connectivity index (χ1v) is 11.5. The van der Waals surface area contributed by atoms with Crippen LogP contribution in [0.25, 0.3) is 21.8 Å². The number of nitrogens with one attached hydrogen (secondary N) is 2. The van der Waals surface area contributed by atoms with E-state index in [1.807, 2.05) is 36.4 Å². The van der Waals surface area contributed by atoms with E-state index in [0.717, 1.165) is 27.6 Å². The van der Waals surface area contributed by atoms with Crippen LogP contribution in [0.15, 0.2) is 84.0 Å². The molecule has 7 heteroatoms. The third-order valence-electron chi connectivity index (χ3n) is 5.91. The average Bonchev–Trinajstić information content (AvgIpc) is 3.36. The molecule has 2 N–H and O–H groups in total. The Kier molecular flexibility index (Phi) is 6.22. The molecular formula is C28H25N5O2. The molecule has 4 aromatic carbocycles. The molecule has 0 saturated heterocycles. The number of aromatic nitrogens is 3. The van der Waals surface area contributed by atoms with Crippen LogP contribution in [0.5, 0.6) is 5.75 Å². The highest BCUT2D eigenvalue weighted by Gasteiger charge is 2.09. The lowest BCUT2D eigenvalue weighted by Gasteiger charge is -2.12. The van der Waals surface area contributed by atoms with Crippen LogP contribution in [0, 0.1) is 0 Å². The molecule has 0 atom stereocenters. The summed E-state index contributed by atoms with van der Waals surface area (Å²) < 4.78 is 6.16. The lowest BCUT2D eigenvalue weighted by Crippen LogP contribution is -2.17. The standard InChI is InChI=1S/C28H25N5O2/c1-18(2)20-9-7-19(8-10-20)17-35-27-14-12-22(23-5-3-4-6-24(23)27)16-29-32-28(34)21-11-13-25-26(15-21)31-33-30-25/h3-16,18H,17H2,1-2H3,(H,32,34)(H,30,31,33). The third kappa shape index (κ3) is 4.89. The summed E-state index contributed by atoms with van der Waals surface area (Å²) in [6.45, 7) is 4.86. The van der Waals surface area contributed by atoms with Crippen molar-refractivity contribution in [3.05, 3.63) is 101 Å². The number of aromatic amines is 1. The normalized spacial score (nSPS) is 11.5. The zero-order chi connectivity index (χ0) is 24.2. The van der Waals surface area contributed by atoms with Gasteiger partial charge in [0.2, 0.25) is 0 Å². The number of hydrogen-bond acceptors (Lipinski definition) is 5. The minimum atomic E-state index is -0.320. The van der Waals surface area contributed by atoms with Crippen molar-refractivity contribution in [3.8, 4) is 5.75 Å². The predicted octanol–water partition coefficient (Wildman–Crippen LogP) is 5.58. The van der Waals surface area contributed by atoms with Gasteiger partial charge in [0.05, 0.1) is 6.21 Å². The van der Waals surface area contributed by atoms with Crippen molar-refractivity contribution >= 4 is 33.9 Å². The van der Waals surface area contributed by atoms with Gasteiger partial charge in [-0.05, 0) is 52.8 Å². The maximum absolute atomic E-state index is 12.5. The van der Waals surface area contributed by atoms with Crippen molar-refractivity contribution in [2.45, 2.75) is 26.4 Å². The van der Waals surface area contributed by atoms with E-state index >= 15 is 0 Å².